The van der Waals surface area contributed by atoms with Crippen molar-refractivity contribution in [3.8, 4) is 0 Å². The Kier molecular flexibility index (Phi) is 6.36. The molecule has 1 aliphatic carbocycles. The van der Waals surface area contributed by atoms with Gasteiger partial charge in [-0.1, -0.05) is 6.42 Å². The lowest BCUT2D eigenvalue weighted by atomic mass is 9.87. The van der Waals surface area contributed by atoms with Crippen LogP contribution < -0.4 is 4.90 Å². The van der Waals surface area contributed by atoms with E-state index < -0.39 is 12.1 Å². The number of hydrogen-bond acceptors (Lipinski definition) is 5. The van der Waals surface area contributed by atoms with Crippen molar-refractivity contribution < 1.29 is 23.1 Å². The summed E-state index contributed by atoms with van der Waals surface area (Å²) in [6.45, 7) is 4.77. The molecule has 10 heteroatoms. The van der Waals surface area contributed by atoms with Crippen LogP contribution in [0.4, 0.5) is 18.9 Å². The number of nitrogens with zero attached hydrogens (tertiary/aromatic N) is 5. The van der Waals surface area contributed by atoms with Crippen LogP contribution in [0.2, 0.25) is 0 Å². The molecule has 4 heterocycles. The Hall–Kier alpha value is -2.36. The van der Waals surface area contributed by atoms with Gasteiger partial charge in [-0.15, -0.1) is 0 Å². The minimum Gasteiger partial charge on any atom is -0.475 e. The molecule has 3 fully saturated rings. The number of rotatable bonds is 3. The number of piperidine rings is 1. The van der Waals surface area contributed by atoms with Crippen LogP contribution in [0.5, 0.6) is 0 Å². The van der Waals surface area contributed by atoms with Crippen LogP contribution >= 0.6 is 0 Å². The molecular formula is C21H28F3N5O2. The Labute approximate surface area is 178 Å². The zero-order valence-electron chi connectivity index (χ0n) is 17.4. The molecule has 1 unspecified atom stereocenters. The number of aliphatic carboxylic acids is 1. The SMILES string of the molecule is O=C(O)C(F)(F)F.c1cc2nc(C3CCCN(C4CCC4)C3)nn2cc1N1CCCC1. The summed E-state index contributed by atoms with van der Waals surface area (Å²) in [6.07, 6.45) is 6.42. The highest BCUT2D eigenvalue weighted by Gasteiger charge is 2.38. The number of carboxylic acid groups (broad SMARTS) is 1. The molecule has 0 radical (unpaired) electrons. The first-order valence-corrected chi connectivity index (χ1v) is 11.0. The van der Waals surface area contributed by atoms with E-state index in [4.69, 9.17) is 20.0 Å². The molecule has 1 atom stereocenters. The molecule has 5 rings (SSSR count). The van der Waals surface area contributed by atoms with E-state index in [1.807, 2.05) is 4.52 Å². The first kappa shape index (κ1) is 21.9. The third-order valence-corrected chi connectivity index (χ3v) is 6.45. The molecule has 170 valence electrons. The van der Waals surface area contributed by atoms with Crippen LogP contribution in [-0.2, 0) is 4.79 Å². The molecule has 2 aromatic rings. The zero-order chi connectivity index (χ0) is 22.0. The van der Waals surface area contributed by atoms with E-state index in [2.05, 4.69) is 28.1 Å². The second-order valence-corrected chi connectivity index (χ2v) is 8.58. The average Bonchev–Trinajstić information content (AvgIpc) is 3.36. The van der Waals surface area contributed by atoms with Crippen molar-refractivity contribution >= 4 is 17.3 Å². The van der Waals surface area contributed by atoms with Crippen LogP contribution in [0.1, 0.15) is 56.7 Å². The highest BCUT2D eigenvalue weighted by atomic mass is 19.4. The van der Waals surface area contributed by atoms with Crippen molar-refractivity contribution in [1.82, 2.24) is 19.5 Å². The molecule has 2 aliphatic heterocycles. The van der Waals surface area contributed by atoms with Gasteiger partial charge in [-0.25, -0.2) is 14.3 Å². The number of halogens is 3. The minimum atomic E-state index is -5.08. The molecular weight excluding hydrogens is 411 g/mol. The Balaban J connectivity index is 0.000000289. The average molecular weight is 439 g/mol. The maximum absolute atomic E-state index is 10.6. The first-order valence-electron chi connectivity index (χ1n) is 11.0. The van der Waals surface area contributed by atoms with E-state index in [1.54, 1.807) is 0 Å². The molecule has 2 saturated heterocycles. The van der Waals surface area contributed by atoms with E-state index in [0.717, 1.165) is 24.1 Å². The zero-order valence-corrected chi connectivity index (χ0v) is 17.4. The van der Waals surface area contributed by atoms with Crippen LogP contribution in [-0.4, -0.2) is 69.0 Å². The normalized spacial score (nSPS) is 22.8. The summed E-state index contributed by atoms with van der Waals surface area (Å²) < 4.78 is 33.7. The predicted octanol–water partition coefficient (Wildman–Crippen LogP) is 3.69. The maximum Gasteiger partial charge on any atom is 0.490 e. The predicted molar refractivity (Wildman–Crippen MR) is 109 cm³/mol. The molecule has 1 saturated carbocycles. The third-order valence-electron chi connectivity index (χ3n) is 6.45. The number of carboxylic acids is 1. The molecule has 1 N–H and O–H groups in total. The van der Waals surface area contributed by atoms with Gasteiger partial charge < -0.3 is 10.0 Å². The Morgan fingerprint density at radius 2 is 1.74 bits per heavy atom. The summed E-state index contributed by atoms with van der Waals surface area (Å²) in [5.41, 5.74) is 2.28. The van der Waals surface area contributed by atoms with E-state index in [9.17, 15) is 13.2 Å². The number of anilines is 1. The fraction of sp³-hybridized carbons (Fsp3) is 0.667. The van der Waals surface area contributed by atoms with Gasteiger partial charge in [0, 0.05) is 31.6 Å². The van der Waals surface area contributed by atoms with Crippen molar-refractivity contribution in [3.05, 3.63) is 24.2 Å². The Morgan fingerprint density at radius 1 is 1.03 bits per heavy atom. The highest BCUT2D eigenvalue weighted by Crippen LogP contribution is 2.32. The second-order valence-electron chi connectivity index (χ2n) is 8.58. The summed E-state index contributed by atoms with van der Waals surface area (Å²) in [5, 5.41) is 12.0. The van der Waals surface area contributed by atoms with Gasteiger partial charge >= 0.3 is 12.1 Å². The van der Waals surface area contributed by atoms with Crippen molar-refractivity contribution in [3.63, 3.8) is 0 Å². The largest absolute Gasteiger partial charge is 0.490 e. The number of alkyl halides is 3. The maximum atomic E-state index is 10.6. The summed E-state index contributed by atoms with van der Waals surface area (Å²) in [5.74, 6) is -1.19. The summed E-state index contributed by atoms with van der Waals surface area (Å²) in [6, 6.07) is 5.18. The Morgan fingerprint density at radius 3 is 2.35 bits per heavy atom. The molecule has 0 bridgehead atoms. The van der Waals surface area contributed by atoms with Crippen LogP contribution in [0.15, 0.2) is 18.3 Å². The van der Waals surface area contributed by atoms with Crippen molar-refractivity contribution in [2.24, 2.45) is 0 Å². The lowest BCUT2D eigenvalue weighted by Gasteiger charge is -2.41. The van der Waals surface area contributed by atoms with Gasteiger partial charge in [0.25, 0.3) is 0 Å². The number of aromatic nitrogens is 3. The van der Waals surface area contributed by atoms with Gasteiger partial charge in [-0.3, -0.25) is 4.90 Å². The first-order chi connectivity index (χ1) is 14.8. The molecule has 2 aromatic heterocycles. The number of carbonyl (C=O) groups is 1. The molecule has 0 spiro atoms. The monoisotopic (exact) mass is 439 g/mol. The number of pyridine rings is 1. The fourth-order valence-corrected chi connectivity index (χ4v) is 4.53. The summed E-state index contributed by atoms with van der Waals surface area (Å²) >= 11 is 0. The van der Waals surface area contributed by atoms with Crippen LogP contribution in [0.3, 0.4) is 0 Å². The van der Waals surface area contributed by atoms with Gasteiger partial charge in [-0.2, -0.15) is 18.3 Å². The van der Waals surface area contributed by atoms with E-state index in [-0.39, 0.29) is 0 Å². The highest BCUT2D eigenvalue weighted by molar-refractivity contribution is 5.73. The van der Waals surface area contributed by atoms with Gasteiger partial charge in [0.05, 0.1) is 11.9 Å². The van der Waals surface area contributed by atoms with Gasteiger partial charge in [0.15, 0.2) is 11.5 Å². The van der Waals surface area contributed by atoms with E-state index in [0.29, 0.717) is 5.92 Å². The van der Waals surface area contributed by atoms with Gasteiger partial charge in [-0.05, 0) is 57.2 Å². The third kappa shape index (κ3) is 5.11. The number of fused-ring (bicyclic) bond motifs is 1. The van der Waals surface area contributed by atoms with Crippen molar-refractivity contribution in [2.45, 2.75) is 63.1 Å². The molecule has 0 aromatic carbocycles. The van der Waals surface area contributed by atoms with E-state index >= 15 is 0 Å². The second kappa shape index (κ2) is 9.02. The smallest absolute Gasteiger partial charge is 0.475 e. The minimum absolute atomic E-state index is 0.509. The topological polar surface area (TPSA) is 74.0 Å². The van der Waals surface area contributed by atoms with Gasteiger partial charge in [0.2, 0.25) is 0 Å². The number of likely N-dealkylation sites (tertiary alicyclic amines) is 1. The Bertz CT molecular complexity index is 906. The summed E-state index contributed by atoms with van der Waals surface area (Å²) in [4.78, 5) is 18.9. The quantitative estimate of drug-likeness (QED) is 0.786. The number of hydrogen-bond donors (Lipinski definition) is 1. The fourth-order valence-electron chi connectivity index (χ4n) is 4.53. The molecule has 7 nitrogen and oxygen atoms in total. The van der Waals surface area contributed by atoms with Crippen LogP contribution in [0, 0.1) is 0 Å². The van der Waals surface area contributed by atoms with Crippen molar-refractivity contribution in [2.75, 3.05) is 31.1 Å². The van der Waals surface area contributed by atoms with Crippen LogP contribution in [0.25, 0.3) is 5.65 Å². The molecule has 3 aliphatic rings. The lowest BCUT2D eigenvalue weighted by Crippen LogP contribution is -2.45. The lowest BCUT2D eigenvalue weighted by molar-refractivity contribution is -0.192. The van der Waals surface area contributed by atoms with E-state index in [1.165, 1.54) is 70.3 Å². The van der Waals surface area contributed by atoms with Gasteiger partial charge in [0.1, 0.15) is 0 Å². The molecule has 31 heavy (non-hydrogen) atoms. The molecule has 0 amide bonds. The van der Waals surface area contributed by atoms with Crippen molar-refractivity contribution in [1.29, 1.82) is 0 Å². The summed E-state index contributed by atoms with van der Waals surface area (Å²) in [7, 11) is 0. The standard InChI is InChI=1S/C19H27N5.C2HF3O2/c1-2-11-22(10-1)17-8-9-18-20-19(21-24(18)14-17)15-5-4-12-23(13-15)16-6-3-7-16;3-2(4,5)1(6)7/h8-9,14-16H,1-7,10-13H2;(H,6,7).